The van der Waals surface area contributed by atoms with E-state index in [1.54, 1.807) is 19.3 Å². The summed E-state index contributed by atoms with van der Waals surface area (Å²) >= 11 is 0. The zero-order chi connectivity index (χ0) is 17.3. The molecule has 3 nitrogen and oxygen atoms in total. The molecule has 1 aliphatic rings. The van der Waals surface area contributed by atoms with Gasteiger partial charge in [0.2, 0.25) is 0 Å². The van der Waals surface area contributed by atoms with Crippen LogP contribution in [0.3, 0.4) is 0 Å². The summed E-state index contributed by atoms with van der Waals surface area (Å²) in [6.45, 7) is 4.10. The largest absolute Gasteiger partial charge is 0.496 e. The number of ether oxygens (including phenoxy) is 1. The second-order valence-electron chi connectivity index (χ2n) is 5.96. The van der Waals surface area contributed by atoms with Crippen molar-refractivity contribution in [2.75, 3.05) is 7.11 Å². The Morgan fingerprint density at radius 3 is 2.62 bits per heavy atom. The van der Waals surface area contributed by atoms with E-state index in [0.717, 1.165) is 45.1 Å². The lowest BCUT2D eigenvalue weighted by molar-refractivity contribution is -0.109. The molecule has 0 heterocycles. The third-order valence-electron chi connectivity index (χ3n) is 4.54. The maximum absolute atomic E-state index is 11.1. The number of rotatable bonds is 3. The number of hydrogen-bond donors (Lipinski definition) is 0. The quantitative estimate of drug-likeness (QED) is 0.635. The van der Waals surface area contributed by atoms with E-state index in [0.29, 0.717) is 5.57 Å². The summed E-state index contributed by atoms with van der Waals surface area (Å²) in [5.74, 6) is 2.25. The van der Waals surface area contributed by atoms with Crippen LogP contribution in [-0.4, -0.2) is 19.3 Å². The van der Waals surface area contributed by atoms with E-state index in [1.165, 1.54) is 0 Å². The molecular formula is C21H18O3. The number of hydrogen-bond acceptors (Lipinski definition) is 3. The maximum atomic E-state index is 11.1. The molecule has 0 aliphatic heterocycles. The van der Waals surface area contributed by atoms with Crippen molar-refractivity contribution >= 4 is 28.6 Å². The van der Waals surface area contributed by atoms with Crippen LogP contribution in [0, 0.1) is 19.8 Å². The summed E-state index contributed by atoms with van der Waals surface area (Å²) in [5.41, 5.74) is 4.51. The molecule has 0 N–H and O–H groups in total. The minimum atomic E-state index is -0.500. The van der Waals surface area contributed by atoms with Crippen LogP contribution in [0.2, 0.25) is 0 Å². The van der Waals surface area contributed by atoms with Crippen molar-refractivity contribution in [3.8, 4) is 5.75 Å². The van der Waals surface area contributed by atoms with Gasteiger partial charge < -0.3 is 9.53 Å². The lowest BCUT2D eigenvalue weighted by Gasteiger charge is -2.15. The Hall–Kier alpha value is -2.90. The molecule has 0 amide bonds. The molecule has 3 rings (SSSR count). The molecule has 2 aromatic rings. The van der Waals surface area contributed by atoms with Crippen LogP contribution in [-0.2, 0) is 9.59 Å². The molecule has 2 aromatic carbocycles. The van der Waals surface area contributed by atoms with Gasteiger partial charge in [0.1, 0.15) is 18.0 Å². The Labute approximate surface area is 140 Å². The molecule has 0 radical (unpaired) electrons. The number of aryl methyl sites for hydroxylation is 2. The van der Waals surface area contributed by atoms with Gasteiger partial charge in [-0.15, -0.1) is 0 Å². The molecule has 1 aliphatic carbocycles. The zero-order valence-corrected chi connectivity index (χ0v) is 13.9. The fourth-order valence-corrected chi connectivity index (χ4v) is 3.12. The number of carbonyl (C=O) groups excluding carboxylic acids is 2. The monoisotopic (exact) mass is 318 g/mol. The summed E-state index contributed by atoms with van der Waals surface area (Å²) in [6, 6.07) is 8.23. The van der Waals surface area contributed by atoms with Gasteiger partial charge in [-0.1, -0.05) is 24.3 Å². The average molecular weight is 318 g/mol. The molecule has 0 saturated heterocycles. The standard InChI is InChI=1S/C21H18O3/c1-13-8-21(24-3)14(2)19-7-6-16(10-20(13)19)15-4-5-17(11-22)18(9-15)12-23/h4-11,17H,1-3H3. The first-order valence-corrected chi connectivity index (χ1v) is 7.77. The fourth-order valence-electron chi connectivity index (χ4n) is 3.12. The molecule has 0 spiro atoms. The highest BCUT2D eigenvalue weighted by Gasteiger charge is 2.16. The van der Waals surface area contributed by atoms with Crippen molar-refractivity contribution in [2.45, 2.75) is 13.8 Å². The molecule has 0 bridgehead atoms. The van der Waals surface area contributed by atoms with Crippen LogP contribution in [0.15, 0.2) is 48.1 Å². The summed E-state index contributed by atoms with van der Waals surface area (Å²) in [4.78, 5) is 22.1. The van der Waals surface area contributed by atoms with Crippen LogP contribution in [0.5, 0.6) is 5.75 Å². The van der Waals surface area contributed by atoms with Crippen LogP contribution in [0.1, 0.15) is 16.7 Å². The topological polar surface area (TPSA) is 43.4 Å². The van der Waals surface area contributed by atoms with Gasteiger partial charge in [0, 0.05) is 0 Å². The second kappa shape index (κ2) is 6.31. The fraction of sp³-hybridized carbons (Fsp3) is 0.190. The summed E-state index contributed by atoms with van der Waals surface area (Å²) < 4.78 is 5.43. The minimum Gasteiger partial charge on any atom is -0.496 e. The Morgan fingerprint density at radius 2 is 1.96 bits per heavy atom. The highest BCUT2D eigenvalue weighted by Crippen LogP contribution is 2.33. The average Bonchev–Trinajstić information content (AvgIpc) is 2.63. The van der Waals surface area contributed by atoms with Gasteiger partial charge in [-0.05, 0) is 65.1 Å². The zero-order valence-electron chi connectivity index (χ0n) is 13.9. The van der Waals surface area contributed by atoms with Gasteiger partial charge in [0.25, 0.3) is 0 Å². The van der Waals surface area contributed by atoms with Crippen LogP contribution < -0.4 is 4.74 Å². The smallest absolute Gasteiger partial charge is 0.132 e. The van der Waals surface area contributed by atoms with Crippen molar-refractivity contribution < 1.29 is 14.3 Å². The Bertz CT molecular complexity index is 941. The number of fused-ring (bicyclic) bond motifs is 1. The highest BCUT2D eigenvalue weighted by molar-refractivity contribution is 5.95. The molecule has 1 unspecified atom stereocenters. The molecule has 24 heavy (non-hydrogen) atoms. The van der Waals surface area contributed by atoms with Gasteiger partial charge in [-0.3, -0.25) is 0 Å². The Kier molecular flexibility index (Phi) is 4.20. The maximum Gasteiger partial charge on any atom is 0.132 e. The number of methoxy groups -OCH3 is 1. The summed E-state index contributed by atoms with van der Waals surface area (Å²) in [5, 5.41) is 2.29. The van der Waals surface area contributed by atoms with Crippen LogP contribution in [0.25, 0.3) is 16.3 Å². The molecule has 120 valence electrons. The normalized spacial score (nSPS) is 16.7. The first kappa shape index (κ1) is 16.0. The molecule has 0 aromatic heterocycles. The van der Waals surface area contributed by atoms with Gasteiger partial charge in [-0.25, -0.2) is 4.79 Å². The van der Waals surface area contributed by atoms with E-state index < -0.39 is 5.92 Å². The van der Waals surface area contributed by atoms with E-state index >= 15 is 0 Å². The van der Waals surface area contributed by atoms with E-state index in [9.17, 15) is 9.59 Å². The SMILES string of the molecule is COc1cc(C)c2cc(C3=CC(=C=O)C(C=O)C=C3)ccc2c1C. The summed E-state index contributed by atoms with van der Waals surface area (Å²) in [6.07, 6.45) is 6.11. The van der Waals surface area contributed by atoms with Crippen LogP contribution in [0.4, 0.5) is 0 Å². The van der Waals surface area contributed by atoms with Gasteiger partial charge in [-0.2, -0.15) is 0 Å². The first-order chi connectivity index (χ1) is 11.6. The van der Waals surface area contributed by atoms with Crippen molar-refractivity contribution in [3.63, 3.8) is 0 Å². The van der Waals surface area contributed by atoms with Crippen LogP contribution >= 0.6 is 0 Å². The van der Waals surface area contributed by atoms with Crippen molar-refractivity contribution in [1.82, 2.24) is 0 Å². The lowest BCUT2D eigenvalue weighted by Crippen LogP contribution is -2.05. The van der Waals surface area contributed by atoms with E-state index in [4.69, 9.17) is 4.74 Å². The van der Waals surface area contributed by atoms with Gasteiger partial charge >= 0.3 is 0 Å². The predicted molar refractivity (Wildman–Crippen MR) is 95.9 cm³/mol. The van der Waals surface area contributed by atoms with E-state index in [2.05, 4.69) is 19.1 Å². The van der Waals surface area contributed by atoms with E-state index in [1.807, 2.05) is 31.1 Å². The predicted octanol–water partition coefficient (Wildman–Crippen LogP) is 3.99. The van der Waals surface area contributed by atoms with Gasteiger partial charge in [0.05, 0.1) is 18.6 Å². The molecule has 0 saturated carbocycles. The molecular weight excluding hydrogens is 300 g/mol. The molecule has 1 atom stereocenters. The third kappa shape index (κ3) is 2.60. The second-order valence-corrected chi connectivity index (χ2v) is 5.96. The summed E-state index contributed by atoms with van der Waals surface area (Å²) in [7, 11) is 1.68. The van der Waals surface area contributed by atoms with Crippen molar-refractivity contribution in [1.29, 1.82) is 0 Å². The van der Waals surface area contributed by atoms with E-state index in [-0.39, 0.29) is 0 Å². The lowest BCUT2D eigenvalue weighted by atomic mass is 9.89. The Balaban J connectivity index is 2.14. The first-order valence-electron chi connectivity index (χ1n) is 7.77. The highest BCUT2D eigenvalue weighted by atomic mass is 16.5. The minimum absolute atomic E-state index is 0.366. The number of carbonyl (C=O) groups is 1. The number of allylic oxidation sites excluding steroid dienone is 5. The Morgan fingerprint density at radius 1 is 1.17 bits per heavy atom. The number of aldehydes is 1. The van der Waals surface area contributed by atoms with Crippen molar-refractivity contribution in [2.24, 2.45) is 5.92 Å². The molecule has 3 heteroatoms. The number of benzene rings is 2. The third-order valence-corrected chi connectivity index (χ3v) is 4.54. The molecule has 0 fully saturated rings. The van der Waals surface area contributed by atoms with Crippen molar-refractivity contribution in [3.05, 3.63) is 64.8 Å². The van der Waals surface area contributed by atoms with Gasteiger partial charge in [0.15, 0.2) is 0 Å².